The Morgan fingerprint density at radius 1 is 1.24 bits per heavy atom. The molecule has 90 valence electrons. The number of hydrogen-bond acceptors (Lipinski definition) is 3. The van der Waals surface area contributed by atoms with E-state index in [1.54, 1.807) is 6.33 Å². The molecule has 0 saturated heterocycles. The molecule has 2 rings (SSSR count). The Morgan fingerprint density at radius 3 is 2.65 bits per heavy atom. The fourth-order valence-electron chi connectivity index (χ4n) is 1.67. The average molecular weight is 230 g/mol. The third-order valence-corrected chi connectivity index (χ3v) is 2.78. The molecule has 0 aliphatic heterocycles. The van der Waals surface area contributed by atoms with Gasteiger partial charge in [0.25, 0.3) is 0 Å². The molecule has 0 fully saturated rings. The van der Waals surface area contributed by atoms with Crippen molar-refractivity contribution in [1.82, 2.24) is 20.1 Å². The summed E-state index contributed by atoms with van der Waals surface area (Å²) >= 11 is 0. The van der Waals surface area contributed by atoms with E-state index in [0.717, 1.165) is 25.3 Å². The van der Waals surface area contributed by atoms with Gasteiger partial charge in [-0.15, -0.1) is 10.2 Å². The lowest BCUT2D eigenvalue weighted by Crippen LogP contribution is -2.18. The summed E-state index contributed by atoms with van der Waals surface area (Å²) in [5.74, 6) is 1.02. The van der Waals surface area contributed by atoms with E-state index >= 15 is 0 Å². The second kappa shape index (κ2) is 5.59. The van der Waals surface area contributed by atoms with Crippen molar-refractivity contribution in [3.63, 3.8) is 0 Å². The molecule has 0 aliphatic carbocycles. The number of nitrogens with zero attached hydrogens (tertiary/aromatic N) is 3. The molecule has 0 atom stereocenters. The maximum atomic E-state index is 4.04. The summed E-state index contributed by atoms with van der Waals surface area (Å²) in [5, 5.41) is 11.3. The number of benzene rings is 1. The number of aromatic nitrogens is 3. The predicted octanol–water partition coefficient (Wildman–Crippen LogP) is 1.46. The highest BCUT2D eigenvalue weighted by Gasteiger charge is 1.99. The third kappa shape index (κ3) is 3.39. The van der Waals surface area contributed by atoms with Crippen molar-refractivity contribution in [3.8, 4) is 0 Å². The molecule has 0 bridgehead atoms. The van der Waals surface area contributed by atoms with E-state index in [4.69, 9.17) is 0 Å². The largest absolute Gasteiger partial charge is 0.321 e. The fraction of sp³-hybridized carbons (Fsp3) is 0.385. The van der Waals surface area contributed by atoms with Crippen LogP contribution in [0.2, 0.25) is 0 Å². The van der Waals surface area contributed by atoms with Gasteiger partial charge in [0, 0.05) is 26.6 Å². The minimum Gasteiger partial charge on any atom is -0.321 e. The first-order chi connectivity index (χ1) is 8.25. The van der Waals surface area contributed by atoms with Crippen LogP contribution in [0.4, 0.5) is 0 Å². The van der Waals surface area contributed by atoms with Gasteiger partial charge in [0.05, 0.1) is 0 Å². The fourth-order valence-corrected chi connectivity index (χ4v) is 1.67. The zero-order valence-electron chi connectivity index (χ0n) is 10.3. The molecule has 0 saturated carbocycles. The first-order valence-electron chi connectivity index (χ1n) is 5.85. The lowest BCUT2D eigenvalue weighted by atomic mass is 10.1. The van der Waals surface area contributed by atoms with E-state index in [0.29, 0.717) is 0 Å². The first-order valence-corrected chi connectivity index (χ1v) is 5.85. The van der Waals surface area contributed by atoms with Crippen LogP contribution in [-0.4, -0.2) is 21.3 Å². The van der Waals surface area contributed by atoms with Crippen molar-refractivity contribution in [2.24, 2.45) is 7.05 Å². The summed E-state index contributed by atoms with van der Waals surface area (Å²) in [6, 6.07) is 8.59. The summed E-state index contributed by atoms with van der Waals surface area (Å²) in [4.78, 5) is 0. The van der Waals surface area contributed by atoms with E-state index in [1.165, 1.54) is 11.1 Å². The maximum absolute atomic E-state index is 4.04. The summed E-state index contributed by atoms with van der Waals surface area (Å²) in [7, 11) is 1.97. The van der Waals surface area contributed by atoms with Crippen LogP contribution in [0.1, 0.15) is 17.0 Å². The molecule has 0 amide bonds. The van der Waals surface area contributed by atoms with E-state index in [9.17, 15) is 0 Å². The molecule has 2 aromatic rings. The molecule has 4 nitrogen and oxygen atoms in total. The lowest BCUT2D eigenvalue weighted by molar-refractivity contribution is 0.654. The molecule has 1 N–H and O–H groups in total. The van der Waals surface area contributed by atoms with Gasteiger partial charge in [0.1, 0.15) is 12.2 Å². The van der Waals surface area contributed by atoms with Gasteiger partial charge in [0.2, 0.25) is 0 Å². The van der Waals surface area contributed by atoms with Crippen molar-refractivity contribution in [1.29, 1.82) is 0 Å². The first kappa shape index (κ1) is 11.8. The number of aryl methyl sites for hydroxylation is 2. The Hall–Kier alpha value is -1.68. The molecule has 0 unspecified atom stereocenters. The van der Waals surface area contributed by atoms with Crippen LogP contribution in [-0.2, 0) is 20.0 Å². The summed E-state index contributed by atoms with van der Waals surface area (Å²) < 4.78 is 1.95. The normalized spacial score (nSPS) is 10.7. The van der Waals surface area contributed by atoms with E-state index in [2.05, 4.69) is 46.7 Å². The van der Waals surface area contributed by atoms with E-state index in [1.807, 2.05) is 11.6 Å². The summed E-state index contributed by atoms with van der Waals surface area (Å²) in [6.07, 6.45) is 2.64. The molecular weight excluding hydrogens is 212 g/mol. The van der Waals surface area contributed by atoms with Crippen LogP contribution in [0.5, 0.6) is 0 Å². The second-order valence-electron chi connectivity index (χ2n) is 4.27. The molecule has 0 aliphatic rings. The van der Waals surface area contributed by atoms with Crippen LogP contribution in [0.3, 0.4) is 0 Å². The molecule has 1 aromatic heterocycles. The average Bonchev–Trinajstić information content (AvgIpc) is 2.73. The SMILES string of the molecule is Cc1ccc(CNCCc2nncn2C)cc1. The van der Waals surface area contributed by atoms with Crippen molar-refractivity contribution in [3.05, 3.63) is 47.5 Å². The number of rotatable bonds is 5. The summed E-state index contributed by atoms with van der Waals surface area (Å²) in [6.45, 7) is 3.92. The molecule has 1 aromatic carbocycles. The highest BCUT2D eigenvalue weighted by Crippen LogP contribution is 2.02. The lowest BCUT2D eigenvalue weighted by Gasteiger charge is -2.05. The van der Waals surface area contributed by atoms with Gasteiger partial charge in [-0.1, -0.05) is 29.8 Å². The van der Waals surface area contributed by atoms with Crippen molar-refractivity contribution in [2.45, 2.75) is 19.9 Å². The highest BCUT2D eigenvalue weighted by atomic mass is 15.2. The Labute approximate surface area is 102 Å². The quantitative estimate of drug-likeness (QED) is 0.791. The highest BCUT2D eigenvalue weighted by molar-refractivity contribution is 5.21. The van der Waals surface area contributed by atoms with Crippen LogP contribution >= 0.6 is 0 Å². The van der Waals surface area contributed by atoms with Gasteiger partial charge >= 0.3 is 0 Å². The summed E-state index contributed by atoms with van der Waals surface area (Å²) in [5.41, 5.74) is 2.61. The van der Waals surface area contributed by atoms with E-state index < -0.39 is 0 Å². The van der Waals surface area contributed by atoms with Crippen LogP contribution in [0, 0.1) is 6.92 Å². The zero-order valence-corrected chi connectivity index (χ0v) is 10.3. The van der Waals surface area contributed by atoms with Crippen molar-refractivity contribution < 1.29 is 0 Å². The standard InChI is InChI=1S/C13H18N4/c1-11-3-5-12(6-4-11)9-14-8-7-13-16-15-10-17(13)2/h3-6,10,14H,7-9H2,1-2H3. The number of hydrogen-bond donors (Lipinski definition) is 1. The number of nitrogens with one attached hydrogen (secondary N) is 1. The van der Waals surface area contributed by atoms with Gasteiger partial charge in [0.15, 0.2) is 0 Å². The molecule has 0 spiro atoms. The molecule has 17 heavy (non-hydrogen) atoms. The minimum absolute atomic E-state index is 0.901. The Kier molecular flexibility index (Phi) is 3.88. The van der Waals surface area contributed by atoms with Crippen molar-refractivity contribution >= 4 is 0 Å². The Morgan fingerprint density at radius 2 is 2.00 bits per heavy atom. The third-order valence-electron chi connectivity index (χ3n) is 2.78. The Balaban J connectivity index is 1.73. The molecule has 1 heterocycles. The Bertz CT molecular complexity index is 459. The monoisotopic (exact) mass is 230 g/mol. The minimum atomic E-state index is 0.901. The molecular formula is C13H18N4. The van der Waals surface area contributed by atoms with Gasteiger partial charge in [-0.25, -0.2) is 0 Å². The van der Waals surface area contributed by atoms with Gasteiger partial charge in [-0.3, -0.25) is 0 Å². The topological polar surface area (TPSA) is 42.7 Å². The van der Waals surface area contributed by atoms with Crippen LogP contribution in [0.15, 0.2) is 30.6 Å². The van der Waals surface area contributed by atoms with Gasteiger partial charge in [-0.2, -0.15) is 0 Å². The zero-order chi connectivity index (χ0) is 12.1. The molecule has 4 heteroatoms. The second-order valence-corrected chi connectivity index (χ2v) is 4.27. The van der Waals surface area contributed by atoms with Gasteiger partial charge < -0.3 is 9.88 Å². The van der Waals surface area contributed by atoms with Crippen LogP contribution in [0.25, 0.3) is 0 Å². The maximum Gasteiger partial charge on any atom is 0.133 e. The van der Waals surface area contributed by atoms with Crippen LogP contribution < -0.4 is 5.32 Å². The smallest absolute Gasteiger partial charge is 0.133 e. The van der Waals surface area contributed by atoms with E-state index in [-0.39, 0.29) is 0 Å². The predicted molar refractivity (Wildman–Crippen MR) is 67.6 cm³/mol. The van der Waals surface area contributed by atoms with Gasteiger partial charge in [-0.05, 0) is 12.5 Å². The molecule has 0 radical (unpaired) electrons. The van der Waals surface area contributed by atoms with Crippen molar-refractivity contribution in [2.75, 3.05) is 6.54 Å².